The van der Waals surface area contributed by atoms with E-state index in [9.17, 15) is 0 Å². The van der Waals surface area contributed by atoms with Gasteiger partial charge in [0.05, 0.1) is 24.6 Å². The summed E-state index contributed by atoms with van der Waals surface area (Å²) in [5, 5.41) is 7.82. The van der Waals surface area contributed by atoms with Gasteiger partial charge in [-0.2, -0.15) is 5.10 Å². The van der Waals surface area contributed by atoms with Crippen LogP contribution in [0.15, 0.2) is 0 Å². The fraction of sp³-hybridized carbons (Fsp3) is 0.727. The highest BCUT2D eigenvalue weighted by Crippen LogP contribution is 2.23. The summed E-state index contributed by atoms with van der Waals surface area (Å²) in [4.78, 5) is 0. The molecule has 4 heteroatoms. The molecule has 1 aliphatic heterocycles. The lowest BCUT2D eigenvalue weighted by Gasteiger charge is -2.16. The van der Waals surface area contributed by atoms with E-state index in [-0.39, 0.29) is 0 Å². The van der Waals surface area contributed by atoms with Crippen LogP contribution >= 0.6 is 0 Å². The van der Waals surface area contributed by atoms with E-state index in [1.54, 1.807) is 0 Å². The molecule has 4 nitrogen and oxygen atoms in total. The number of fused-ring (bicyclic) bond motifs is 1. The highest BCUT2D eigenvalue weighted by Gasteiger charge is 2.21. The normalized spacial score (nSPS) is 15.7. The third-order valence-corrected chi connectivity index (χ3v) is 2.77. The number of nitrogens with one attached hydrogen (secondary N) is 1. The van der Waals surface area contributed by atoms with Gasteiger partial charge in [-0.1, -0.05) is 0 Å². The lowest BCUT2D eigenvalue weighted by molar-refractivity contribution is 0.103. The van der Waals surface area contributed by atoms with Crippen molar-refractivity contribution < 1.29 is 4.74 Å². The van der Waals surface area contributed by atoms with Crippen molar-refractivity contribution in [2.24, 2.45) is 0 Å². The van der Waals surface area contributed by atoms with Crippen molar-refractivity contribution in [2.75, 3.05) is 13.7 Å². The van der Waals surface area contributed by atoms with E-state index in [0.29, 0.717) is 12.6 Å². The molecule has 1 aliphatic rings. The van der Waals surface area contributed by atoms with E-state index in [2.05, 4.69) is 28.9 Å². The highest BCUT2D eigenvalue weighted by molar-refractivity contribution is 5.28. The van der Waals surface area contributed by atoms with Crippen LogP contribution in [0.25, 0.3) is 0 Å². The summed E-state index contributed by atoms with van der Waals surface area (Å²) < 4.78 is 7.60. The van der Waals surface area contributed by atoms with E-state index in [1.165, 1.54) is 17.0 Å². The van der Waals surface area contributed by atoms with Crippen molar-refractivity contribution >= 4 is 0 Å². The summed E-state index contributed by atoms with van der Waals surface area (Å²) in [6, 6.07) is 0.408. The first kappa shape index (κ1) is 10.6. The molecule has 1 aromatic rings. The third kappa shape index (κ3) is 1.92. The molecule has 0 bridgehead atoms. The molecule has 15 heavy (non-hydrogen) atoms. The van der Waals surface area contributed by atoms with Gasteiger partial charge in [-0.3, -0.25) is 4.68 Å². The summed E-state index contributed by atoms with van der Waals surface area (Å²) >= 11 is 0. The summed E-state index contributed by atoms with van der Waals surface area (Å²) in [7, 11) is 1.96. The Bertz CT molecular complexity index is 344. The Kier molecular flexibility index (Phi) is 3.07. The second kappa shape index (κ2) is 4.33. The van der Waals surface area contributed by atoms with E-state index in [1.807, 2.05) is 7.05 Å². The Labute approximate surface area is 90.6 Å². The Balaban J connectivity index is 2.40. The number of hydrogen-bond donors (Lipinski definition) is 1. The van der Waals surface area contributed by atoms with E-state index in [4.69, 9.17) is 4.74 Å². The largest absolute Gasteiger partial charge is 0.375 e. The molecule has 0 saturated heterocycles. The van der Waals surface area contributed by atoms with Crippen molar-refractivity contribution in [3.63, 3.8) is 0 Å². The summed E-state index contributed by atoms with van der Waals surface area (Å²) in [6.07, 6.45) is 0.999. The second-order valence-electron chi connectivity index (χ2n) is 4.24. The SMILES string of the molecule is CNCc1nn(C(C)C)c2c1CCOC2. The van der Waals surface area contributed by atoms with Gasteiger partial charge < -0.3 is 10.1 Å². The fourth-order valence-electron chi connectivity index (χ4n) is 2.08. The molecule has 1 aromatic heterocycles. The van der Waals surface area contributed by atoms with Crippen molar-refractivity contribution in [3.05, 3.63) is 17.0 Å². The van der Waals surface area contributed by atoms with Crippen LogP contribution in [0.2, 0.25) is 0 Å². The van der Waals surface area contributed by atoms with Gasteiger partial charge in [0, 0.05) is 18.2 Å². The van der Waals surface area contributed by atoms with Gasteiger partial charge in [-0.05, 0) is 27.3 Å². The quantitative estimate of drug-likeness (QED) is 0.814. The molecule has 1 N–H and O–H groups in total. The van der Waals surface area contributed by atoms with Crippen LogP contribution in [0.5, 0.6) is 0 Å². The smallest absolute Gasteiger partial charge is 0.0887 e. The van der Waals surface area contributed by atoms with E-state index < -0.39 is 0 Å². The maximum atomic E-state index is 5.50. The predicted octanol–water partition coefficient (Wildman–Crippen LogP) is 1.26. The molecule has 0 aliphatic carbocycles. The summed E-state index contributed by atoms with van der Waals surface area (Å²) in [6.45, 7) is 6.70. The van der Waals surface area contributed by atoms with Gasteiger partial charge in [-0.15, -0.1) is 0 Å². The third-order valence-electron chi connectivity index (χ3n) is 2.77. The zero-order chi connectivity index (χ0) is 10.8. The topological polar surface area (TPSA) is 39.1 Å². The van der Waals surface area contributed by atoms with Crippen molar-refractivity contribution in [3.8, 4) is 0 Å². The summed E-state index contributed by atoms with van der Waals surface area (Å²) in [5.41, 5.74) is 3.84. The number of ether oxygens (including phenoxy) is 1. The highest BCUT2D eigenvalue weighted by atomic mass is 16.5. The Morgan fingerprint density at radius 2 is 2.33 bits per heavy atom. The Morgan fingerprint density at radius 1 is 1.53 bits per heavy atom. The average Bonchev–Trinajstić information content (AvgIpc) is 2.59. The molecule has 0 unspecified atom stereocenters. The minimum atomic E-state index is 0.408. The zero-order valence-corrected chi connectivity index (χ0v) is 9.71. The van der Waals surface area contributed by atoms with E-state index in [0.717, 1.165) is 19.6 Å². The zero-order valence-electron chi connectivity index (χ0n) is 9.71. The number of aromatic nitrogens is 2. The van der Waals surface area contributed by atoms with Crippen LogP contribution in [0.4, 0.5) is 0 Å². The number of hydrogen-bond acceptors (Lipinski definition) is 3. The van der Waals surface area contributed by atoms with Crippen LogP contribution in [-0.4, -0.2) is 23.4 Å². The first-order valence-corrected chi connectivity index (χ1v) is 5.55. The molecule has 0 fully saturated rings. The molecule has 0 saturated carbocycles. The van der Waals surface area contributed by atoms with Gasteiger partial charge in [0.15, 0.2) is 0 Å². The van der Waals surface area contributed by atoms with Crippen LogP contribution in [0.3, 0.4) is 0 Å². The van der Waals surface area contributed by atoms with Crippen molar-refractivity contribution in [1.82, 2.24) is 15.1 Å². The first-order valence-electron chi connectivity index (χ1n) is 5.55. The average molecular weight is 209 g/mol. The maximum Gasteiger partial charge on any atom is 0.0887 e. The maximum absolute atomic E-state index is 5.50. The first-order chi connectivity index (χ1) is 7.24. The molecule has 0 aromatic carbocycles. The number of rotatable bonds is 3. The van der Waals surface area contributed by atoms with Crippen LogP contribution in [0.1, 0.15) is 36.8 Å². The van der Waals surface area contributed by atoms with Gasteiger partial charge in [0.25, 0.3) is 0 Å². The van der Waals surface area contributed by atoms with Gasteiger partial charge in [0.2, 0.25) is 0 Å². The standard InChI is InChI=1S/C11H19N3O/c1-8(2)14-11-7-15-5-4-9(11)10(13-14)6-12-3/h8,12H,4-7H2,1-3H3. The predicted molar refractivity (Wildman–Crippen MR) is 58.7 cm³/mol. The van der Waals surface area contributed by atoms with Crippen LogP contribution < -0.4 is 5.32 Å². The van der Waals surface area contributed by atoms with Crippen molar-refractivity contribution in [1.29, 1.82) is 0 Å². The fourth-order valence-corrected chi connectivity index (χ4v) is 2.08. The molecule has 0 spiro atoms. The molecule has 2 heterocycles. The molecule has 0 radical (unpaired) electrons. The number of nitrogens with zero attached hydrogens (tertiary/aromatic N) is 2. The lowest BCUT2D eigenvalue weighted by atomic mass is 10.1. The minimum Gasteiger partial charge on any atom is -0.375 e. The lowest BCUT2D eigenvalue weighted by Crippen LogP contribution is -2.15. The van der Waals surface area contributed by atoms with Crippen LogP contribution in [0, 0.1) is 0 Å². The van der Waals surface area contributed by atoms with Gasteiger partial charge >= 0.3 is 0 Å². The van der Waals surface area contributed by atoms with Gasteiger partial charge in [-0.25, -0.2) is 0 Å². The molecular weight excluding hydrogens is 190 g/mol. The molecule has 84 valence electrons. The van der Waals surface area contributed by atoms with Crippen LogP contribution in [-0.2, 0) is 24.3 Å². The van der Waals surface area contributed by atoms with Crippen molar-refractivity contribution in [2.45, 2.75) is 39.5 Å². The monoisotopic (exact) mass is 209 g/mol. The molecular formula is C11H19N3O. The molecule has 0 amide bonds. The van der Waals surface area contributed by atoms with E-state index >= 15 is 0 Å². The van der Waals surface area contributed by atoms with Gasteiger partial charge in [0.1, 0.15) is 0 Å². The molecule has 2 rings (SSSR count). The summed E-state index contributed by atoms with van der Waals surface area (Å²) in [5.74, 6) is 0. The second-order valence-corrected chi connectivity index (χ2v) is 4.24. The molecule has 0 atom stereocenters. The minimum absolute atomic E-state index is 0.408. The Morgan fingerprint density at radius 3 is 3.00 bits per heavy atom. The Hall–Kier alpha value is -0.870.